The van der Waals surface area contributed by atoms with Crippen LogP contribution in [0.3, 0.4) is 0 Å². The smallest absolute Gasteiger partial charge is 0.229 e. The van der Waals surface area contributed by atoms with E-state index in [0.29, 0.717) is 17.4 Å². The fraction of sp³-hybridized carbons (Fsp3) is 0.364. The Balaban J connectivity index is 1.70. The van der Waals surface area contributed by atoms with Gasteiger partial charge < -0.3 is 9.80 Å². The minimum Gasteiger partial charge on any atom is -0.347 e. The minimum atomic E-state index is -0.0791. The first-order valence-electron chi connectivity index (χ1n) is 9.93. The van der Waals surface area contributed by atoms with Gasteiger partial charge in [-0.1, -0.05) is 23.7 Å². The number of hydrogen-bond acceptors (Lipinski definition) is 6. The van der Waals surface area contributed by atoms with E-state index in [9.17, 15) is 4.79 Å². The number of carbonyl (C=O) groups excluding carboxylic acids is 1. The Hall–Kier alpha value is -2.51. The lowest BCUT2D eigenvalue weighted by Gasteiger charge is -2.26. The molecule has 1 saturated heterocycles. The Morgan fingerprint density at radius 3 is 2.70 bits per heavy atom. The first-order chi connectivity index (χ1) is 14.4. The van der Waals surface area contributed by atoms with Gasteiger partial charge >= 0.3 is 0 Å². The molecular formula is C22H24ClN5OS. The Kier molecular flexibility index (Phi) is 6.01. The standard InChI is InChI=1S/C22H24ClN5OS/c1-14-25-17(13-30-14)11-20(29)28-10-4-5-19(28)21-18(12-24-22(26-21)27(2)3)15-6-8-16(23)9-7-15/h6-9,12-13,19H,4-5,10-11H2,1-3H3/t19-/m0/s1. The van der Waals surface area contributed by atoms with Crippen molar-refractivity contribution in [2.24, 2.45) is 0 Å². The SMILES string of the molecule is Cc1nc(CC(=O)N2CCC[C@H]2c2nc(N(C)C)ncc2-c2ccc(Cl)cc2)cs1. The fourth-order valence-corrected chi connectivity index (χ4v) is 4.54. The number of aromatic nitrogens is 3. The van der Waals surface area contributed by atoms with E-state index in [1.165, 1.54) is 0 Å². The van der Waals surface area contributed by atoms with Crippen molar-refractivity contribution in [2.75, 3.05) is 25.5 Å². The van der Waals surface area contributed by atoms with E-state index in [1.807, 2.05) is 66.7 Å². The van der Waals surface area contributed by atoms with Gasteiger partial charge in [0.25, 0.3) is 0 Å². The van der Waals surface area contributed by atoms with Crippen molar-refractivity contribution in [2.45, 2.75) is 32.2 Å². The molecular weight excluding hydrogens is 418 g/mol. The van der Waals surface area contributed by atoms with E-state index >= 15 is 0 Å². The third-order valence-electron chi connectivity index (χ3n) is 5.25. The van der Waals surface area contributed by atoms with Crippen LogP contribution in [0.2, 0.25) is 5.02 Å². The molecule has 2 aromatic heterocycles. The molecule has 1 aliphatic rings. The number of likely N-dealkylation sites (tertiary alicyclic amines) is 1. The molecule has 8 heteroatoms. The van der Waals surface area contributed by atoms with Crippen LogP contribution in [-0.2, 0) is 11.2 Å². The number of amides is 1. The highest BCUT2D eigenvalue weighted by molar-refractivity contribution is 7.09. The molecule has 0 aliphatic carbocycles. The van der Waals surface area contributed by atoms with Crippen LogP contribution in [0, 0.1) is 6.92 Å². The van der Waals surface area contributed by atoms with Crippen molar-refractivity contribution >= 4 is 34.8 Å². The number of rotatable bonds is 5. The summed E-state index contributed by atoms with van der Waals surface area (Å²) in [4.78, 5) is 30.8. The van der Waals surface area contributed by atoms with Crippen LogP contribution in [0.25, 0.3) is 11.1 Å². The summed E-state index contributed by atoms with van der Waals surface area (Å²) < 4.78 is 0. The third kappa shape index (κ3) is 4.32. The molecule has 1 amide bonds. The number of aryl methyl sites for hydroxylation is 1. The Morgan fingerprint density at radius 1 is 1.27 bits per heavy atom. The van der Waals surface area contributed by atoms with Crippen LogP contribution in [0.1, 0.15) is 35.3 Å². The maximum Gasteiger partial charge on any atom is 0.229 e. The summed E-state index contributed by atoms with van der Waals surface area (Å²) in [6, 6.07) is 7.59. The van der Waals surface area contributed by atoms with Crippen molar-refractivity contribution in [3.05, 3.63) is 57.3 Å². The fourth-order valence-electron chi connectivity index (χ4n) is 3.80. The molecule has 0 bridgehead atoms. The van der Waals surface area contributed by atoms with E-state index < -0.39 is 0 Å². The predicted molar refractivity (Wildman–Crippen MR) is 121 cm³/mol. The molecule has 3 heterocycles. The molecule has 4 rings (SSSR count). The van der Waals surface area contributed by atoms with Crippen LogP contribution in [0.15, 0.2) is 35.8 Å². The number of hydrogen-bond donors (Lipinski definition) is 0. The number of halogens is 1. The van der Waals surface area contributed by atoms with Crippen molar-refractivity contribution in [3.63, 3.8) is 0 Å². The molecule has 0 unspecified atom stereocenters. The van der Waals surface area contributed by atoms with Gasteiger partial charge in [-0.3, -0.25) is 4.79 Å². The predicted octanol–water partition coefficient (Wildman–Crippen LogP) is 4.53. The topological polar surface area (TPSA) is 62.2 Å². The number of anilines is 1. The van der Waals surface area contributed by atoms with E-state index in [2.05, 4.69) is 9.97 Å². The summed E-state index contributed by atoms with van der Waals surface area (Å²) in [6.07, 6.45) is 4.01. The van der Waals surface area contributed by atoms with Crippen LogP contribution in [-0.4, -0.2) is 46.4 Å². The zero-order chi connectivity index (χ0) is 21.3. The van der Waals surface area contributed by atoms with Gasteiger partial charge in [-0.15, -0.1) is 11.3 Å². The van der Waals surface area contributed by atoms with Crippen molar-refractivity contribution in [3.8, 4) is 11.1 Å². The van der Waals surface area contributed by atoms with E-state index in [-0.39, 0.29) is 11.9 Å². The molecule has 1 atom stereocenters. The highest BCUT2D eigenvalue weighted by atomic mass is 35.5. The van der Waals surface area contributed by atoms with Gasteiger partial charge in [0.1, 0.15) is 0 Å². The number of thiazole rings is 1. The number of carbonyl (C=O) groups is 1. The lowest BCUT2D eigenvalue weighted by Crippen LogP contribution is -2.33. The molecule has 30 heavy (non-hydrogen) atoms. The summed E-state index contributed by atoms with van der Waals surface area (Å²) in [5, 5.41) is 3.63. The molecule has 0 radical (unpaired) electrons. The second-order valence-electron chi connectivity index (χ2n) is 7.65. The van der Waals surface area contributed by atoms with Gasteiger partial charge in [-0.05, 0) is 37.5 Å². The quantitative estimate of drug-likeness (QED) is 0.581. The van der Waals surface area contributed by atoms with Crippen molar-refractivity contribution in [1.82, 2.24) is 19.9 Å². The lowest BCUT2D eigenvalue weighted by molar-refractivity contribution is -0.131. The van der Waals surface area contributed by atoms with Crippen LogP contribution < -0.4 is 4.90 Å². The van der Waals surface area contributed by atoms with Gasteiger partial charge in [-0.25, -0.2) is 15.0 Å². The first-order valence-corrected chi connectivity index (χ1v) is 11.2. The molecule has 0 spiro atoms. The maximum atomic E-state index is 13.1. The average molecular weight is 442 g/mol. The number of benzene rings is 1. The van der Waals surface area contributed by atoms with Crippen molar-refractivity contribution < 1.29 is 4.79 Å². The van der Waals surface area contributed by atoms with Crippen LogP contribution in [0.4, 0.5) is 5.95 Å². The lowest BCUT2D eigenvalue weighted by atomic mass is 9.99. The third-order valence-corrected chi connectivity index (χ3v) is 6.32. The number of nitrogens with zero attached hydrogens (tertiary/aromatic N) is 5. The molecule has 1 aromatic carbocycles. The average Bonchev–Trinajstić information content (AvgIpc) is 3.37. The molecule has 0 saturated carbocycles. The first kappa shape index (κ1) is 20.8. The summed E-state index contributed by atoms with van der Waals surface area (Å²) >= 11 is 7.65. The Morgan fingerprint density at radius 2 is 2.03 bits per heavy atom. The summed E-state index contributed by atoms with van der Waals surface area (Å²) in [5.74, 6) is 0.729. The molecule has 3 aromatic rings. The van der Waals surface area contributed by atoms with Gasteiger partial charge in [0.2, 0.25) is 11.9 Å². The highest BCUT2D eigenvalue weighted by Crippen LogP contribution is 2.37. The summed E-state index contributed by atoms with van der Waals surface area (Å²) in [6.45, 7) is 2.69. The highest BCUT2D eigenvalue weighted by Gasteiger charge is 2.33. The zero-order valence-corrected chi connectivity index (χ0v) is 18.9. The van der Waals surface area contributed by atoms with Gasteiger partial charge in [-0.2, -0.15) is 0 Å². The monoisotopic (exact) mass is 441 g/mol. The van der Waals surface area contributed by atoms with E-state index in [0.717, 1.165) is 46.9 Å². The Bertz CT molecular complexity index is 1050. The normalized spacial score (nSPS) is 16.1. The minimum absolute atomic E-state index is 0.0791. The van der Waals surface area contributed by atoms with Crippen LogP contribution >= 0.6 is 22.9 Å². The molecule has 1 fully saturated rings. The molecule has 1 aliphatic heterocycles. The summed E-state index contributed by atoms with van der Waals surface area (Å²) in [5.41, 5.74) is 3.65. The van der Waals surface area contributed by atoms with Gasteiger partial charge in [0, 0.05) is 42.8 Å². The Labute approximate surface area is 185 Å². The van der Waals surface area contributed by atoms with E-state index in [4.69, 9.17) is 16.6 Å². The maximum absolute atomic E-state index is 13.1. The largest absolute Gasteiger partial charge is 0.347 e. The second-order valence-corrected chi connectivity index (χ2v) is 9.15. The van der Waals surface area contributed by atoms with Crippen LogP contribution in [0.5, 0.6) is 0 Å². The van der Waals surface area contributed by atoms with E-state index in [1.54, 1.807) is 11.3 Å². The molecule has 156 valence electrons. The second kappa shape index (κ2) is 8.70. The van der Waals surface area contributed by atoms with Gasteiger partial charge in [0.15, 0.2) is 0 Å². The molecule has 6 nitrogen and oxygen atoms in total. The van der Waals surface area contributed by atoms with Gasteiger partial charge in [0.05, 0.1) is 28.9 Å². The molecule has 0 N–H and O–H groups in total. The zero-order valence-electron chi connectivity index (χ0n) is 17.3. The summed E-state index contributed by atoms with van der Waals surface area (Å²) in [7, 11) is 3.84. The van der Waals surface area contributed by atoms with Crippen molar-refractivity contribution in [1.29, 1.82) is 0 Å².